The van der Waals surface area contributed by atoms with Crippen molar-refractivity contribution in [3.63, 3.8) is 0 Å². The molecular formula is C9H18O2. The molecule has 2 nitrogen and oxygen atoms in total. The molecule has 0 fully saturated rings. The number of carbonyl (C=O) groups is 1. The Balaban J connectivity index is 3.08. The van der Waals surface area contributed by atoms with Crippen LogP contribution in [0.15, 0.2) is 0 Å². The first-order chi connectivity index (χ1) is 5.16. The fraction of sp³-hybridized carbons (Fsp3) is 0.889. The quantitative estimate of drug-likeness (QED) is 0.599. The monoisotopic (exact) mass is 158 g/mol. The number of hydrogen-bond acceptors (Lipinski definition) is 2. The van der Waals surface area contributed by atoms with Crippen LogP contribution >= 0.6 is 0 Å². The van der Waals surface area contributed by atoms with Gasteiger partial charge in [0, 0.05) is 6.42 Å². The van der Waals surface area contributed by atoms with Crippen molar-refractivity contribution >= 4 is 5.78 Å². The summed E-state index contributed by atoms with van der Waals surface area (Å²) in [5, 5.41) is 9.14. The van der Waals surface area contributed by atoms with Gasteiger partial charge < -0.3 is 9.90 Å². The van der Waals surface area contributed by atoms with Crippen molar-refractivity contribution in [3.8, 4) is 0 Å². The molecule has 0 unspecified atom stereocenters. The second-order valence-corrected chi connectivity index (χ2v) is 3.01. The fourth-order valence-electron chi connectivity index (χ4n) is 0.958. The van der Waals surface area contributed by atoms with Crippen LogP contribution in [0.1, 0.15) is 46.0 Å². The summed E-state index contributed by atoms with van der Waals surface area (Å²) in [5.74, 6) is 0.246. The highest BCUT2D eigenvalue weighted by Crippen LogP contribution is 2.05. The van der Waals surface area contributed by atoms with Crippen LogP contribution in [0.5, 0.6) is 0 Å². The summed E-state index contributed by atoms with van der Waals surface area (Å²) in [7, 11) is 0. The van der Waals surface area contributed by atoms with E-state index < -0.39 is 0 Å². The Bertz CT molecular complexity index is 110. The molecule has 0 aliphatic heterocycles. The molecule has 66 valence electrons. The van der Waals surface area contributed by atoms with Crippen molar-refractivity contribution < 1.29 is 9.90 Å². The van der Waals surface area contributed by atoms with Crippen LogP contribution in [0.2, 0.25) is 0 Å². The number of carbonyl (C=O) groups excluding carboxylic acids is 1. The fourth-order valence-corrected chi connectivity index (χ4v) is 0.958. The summed E-state index contributed by atoms with van der Waals surface area (Å²) in [4.78, 5) is 10.5. The lowest BCUT2D eigenvalue weighted by Crippen LogP contribution is -2.03. The topological polar surface area (TPSA) is 37.3 Å². The molecule has 0 aromatic heterocycles. The van der Waals surface area contributed by atoms with Crippen LogP contribution in [0.25, 0.3) is 0 Å². The molecule has 0 aromatic rings. The van der Waals surface area contributed by atoms with Crippen molar-refractivity contribution in [1.82, 2.24) is 0 Å². The Labute approximate surface area is 68.6 Å². The molecule has 0 amide bonds. The lowest BCUT2D eigenvalue weighted by atomic mass is 10.1. The van der Waals surface area contributed by atoms with Gasteiger partial charge in [-0.1, -0.05) is 13.3 Å². The van der Waals surface area contributed by atoms with Gasteiger partial charge in [-0.2, -0.15) is 0 Å². The average Bonchev–Trinajstić information content (AvgIpc) is 1.97. The molecule has 0 aliphatic carbocycles. The van der Waals surface area contributed by atoms with E-state index in [1.165, 1.54) is 0 Å². The van der Waals surface area contributed by atoms with Gasteiger partial charge in [-0.15, -0.1) is 0 Å². The number of unbranched alkanes of at least 4 members (excludes halogenated alkanes) is 1. The zero-order valence-electron chi connectivity index (χ0n) is 7.47. The summed E-state index contributed by atoms with van der Waals surface area (Å²) in [6.45, 7) is 3.58. The van der Waals surface area contributed by atoms with E-state index in [0.29, 0.717) is 6.42 Å². The number of aliphatic hydroxyl groups excluding tert-OH is 1. The third kappa shape index (κ3) is 7.53. The van der Waals surface area contributed by atoms with Gasteiger partial charge in [0.1, 0.15) is 5.78 Å². The van der Waals surface area contributed by atoms with Crippen molar-refractivity contribution in [3.05, 3.63) is 0 Å². The number of ketones is 1. The summed E-state index contributed by atoms with van der Waals surface area (Å²) in [5.41, 5.74) is 0. The Morgan fingerprint density at radius 1 is 1.45 bits per heavy atom. The molecule has 0 saturated heterocycles. The summed E-state index contributed by atoms with van der Waals surface area (Å²) in [6, 6.07) is 0. The van der Waals surface area contributed by atoms with E-state index in [4.69, 9.17) is 5.11 Å². The average molecular weight is 158 g/mol. The van der Waals surface area contributed by atoms with Crippen molar-refractivity contribution in [1.29, 1.82) is 0 Å². The zero-order valence-corrected chi connectivity index (χ0v) is 7.47. The molecule has 2 heteroatoms. The van der Waals surface area contributed by atoms with Crippen LogP contribution in [-0.2, 0) is 4.79 Å². The molecule has 11 heavy (non-hydrogen) atoms. The number of hydrogen-bond donors (Lipinski definition) is 1. The van der Waals surface area contributed by atoms with E-state index in [9.17, 15) is 4.79 Å². The molecule has 0 aliphatic rings. The Kier molecular flexibility index (Phi) is 6.13. The minimum absolute atomic E-state index is 0.165. The minimum atomic E-state index is -0.165. The molecule has 0 rings (SSSR count). The lowest BCUT2D eigenvalue weighted by Gasteiger charge is -2.05. The molecule has 0 aromatic carbocycles. The maximum atomic E-state index is 10.5. The van der Waals surface area contributed by atoms with E-state index in [2.05, 4.69) is 0 Å². The highest BCUT2D eigenvalue weighted by Gasteiger charge is 2.00. The smallest absolute Gasteiger partial charge is 0.129 e. The van der Waals surface area contributed by atoms with Crippen molar-refractivity contribution in [2.24, 2.45) is 0 Å². The standard InChI is InChI=1S/C9H18O2/c1-3-9(11)7-5-4-6-8(2)10/h9,11H,3-7H2,1-2H3/t9-/m0/s1. The number of Topliss-reactive ketones (excluding diaryl/α,β-unsaturated/α-hetero) is 1. The molecule has 0 spiro atoms. The normalized spacial score (nSPS) is 13.0. The SMILES string of the molecule is CC[C@H](O)CCCCC(C)=O. The minimum Gasteiger partial charge on any atom is -0.393 e. The third-order valence-electron chi connectivity index (χ3n) is 1.79. The zero-order chi connectivity index (χ0) is 8.69. The van der Waals surface area contributed by atoms with Gasteiger partial charge >= 0.3 is 0 Å². The van der Waals surface area contributed by atoms with Crippen LogP contribution in [0.4, 0.5) is 0 Å². The Morgan fingerprint density at radius 3 is 2.55 bits per heavy atom. The van der Waals surface area contributed by atoms with Gasteiger partial charge in [-0.05, 0) is 26.2 Å². The van der Waals surface area contributed by atoms with Gasteiger partial charge in [0.2, 0.25) is 0 Å². The van der Waals surface area contributed by atoms with Crippen molar-refractivity contribution in [2.75, 3.05) is 0 Å². The van der Waals surface area contributed by atoms with Gasteiger partial charge in [0.05, 0.1) is 6.10 Å². The highest BCUT2D eigenvalue weighted by atomic mass is 16.3. The van der Waals surface area contributed by atoms with Gasteiger partial charge in [0.15, 0.2) is 0 Å². The van der Waals surface area contributed by atoms with Gasteiger partial charge in [0.25, 0.3) is 0 Å². The molecular weight excluding hydrogens is 140 g/mol. The van der Waals surface area contributed by atoms with Crippen LogP contribution in [-0.4, -0.2) is 17.0 Å². The maximum absolute atomic E-state index is 10.5. The first-order valence-electron chi connectivity index (χ1n) is 4.34. The van der Waals surface area contributed by atoms with E-state index in [0.717, 1.165) is 25.7 Å². The summed E-state index contributed by atoms with van der Waals surface area (Å²) >= 11 is 0. The second kappa shape index (κ2) is 6.35. The first kappa shape index (κ1) is 10.6. The van der Waals surface area contributed by atoms with E-state index in [1.54, 1.807) is 6.92 Å². The number of rotatable bonds is 6. The molecule has 0 radical (unpaired) electrons. The predicted molar refractivity (Wildman–Crippen MR) is 45.4 cm³/mol. The van der Waals surface area contributed by atoms with Crippen molar-refractivity contribution in [2.45, 2.75) is 52.1 Å². The Hall–Kier alpha value is -0.370. The first-order valence-corrected chi connectivity index (χ1v) is 4.34. The maximum Gasteiger partial charge on any atom is 0.129 e. The summed E-state index contributed by atoms with van der Waals surface area (Å²) in [6.07, 6.45) is 4.04. The largest absolute Gasteiger partial charge is 0.393 e. The third-order valence-corrected chi connectivity index (χ3v) is 1.79. The van der Waals surface area contributed by atoms with E-state index >= 15 is 0 Å². The predicted octanol–water partition coefficient (Wildman–Crippen LogP) is 1.91. The molecule has 1 N–H and O–H groups in total. The van der Waals surface area contributed by atoms with Gasteiger partial charge in [-0.3, -0.25) is 0 Å². The van der Waals surface area contributed by atoms with Crippen LogP contribution in [0, 0.1) is 0 Å². The van der Waals surface area contributed by atoms with Gasteiger partial charge in [-0.25, -0.2) is 0 Å². The van der Waals surface area contributed by atoms with Crippen LogP contribution < -0.4 is 0 Å². The molecule has 1 atom stereocenters. The highest BCUT2D eigenvalue weighted by molar-refractivity contribution is 5.75. The van der Waals surface area contributed by atoms with E-state index in [-0.39, 0.29) is 11.9 Å². The number of aliphatic hydroxyl groups is 1. The molecule has 0 bridgehead atoms. The molecule has 0 heterocycles. The van der Waals surface area contributed by atoms with Crippen LogP contribution in [0.3, 0.4) is 0 Å². The second-order valence-electron chi connectivity index (χ2n) is 3.01. The molecule has 0 saturated carbocycles. The lowest BCUT2D eigenvalue weighted by molar-refractivity contribution is -0.117. The van der Waals surface area contributed by atoms with E-state index in [1.807, 2.05) is 6.92 Å². The Morgan fingerprint density at radius 2 is 2.09 bits per heavy atom. The summed E-state index contributed by atoms with van der Waals surface area (Å²) < 4.78 is 0.